The number of rotatable bonds is 1. The molecule has 3 aliphatic rings. The van der Waals surface area contributed by atoms with E-state index in [1.54, 1.807) is 12.1 Å². The highest BCUT2D eigenvalue weighted by molar-refractivity contribution is 5.53. The van der Waals surface area contributed by atoms with Gasteiger partial charge in [0.15, 0.2) is 5.79 Å². The van der Waals surface area contributed by atoms with Gasteiger partial charge in [0.2, 0.25) is 0 Å². The van der Waals surface area contributed by atoms with Gasteiger partial charge in [-0.05, 0) is 45.6 Å². The molecule has 2 heterocycles. The molecule has 0 radical (unpaired) electrons. The average molecular weight is 305 g/mol. The summed E-state index contributed by atoms with van der Waals surface area (Å²) < 4.78 is 18.4. The zero-order chi connectivity index (χ0) is 15.5. The molecule has 6 heteroatoms. The first kappa shape index (κ1) is 14.0. The van der Waals surface area contributed by atoms with E-state index in [0.29, 0.717) is 11.3 Å². The average Bonchev–Trinajstić information content (AvgIpc) is 3.03. The van der Waals surface area contributed by atoms with Crippen LogP contribution in [0.3, 0.4) is 0 Å². The molecule has 1 spiro atoms. The summed E-state index contributed by atoms with van der Waals surface area (Å²) in [5.74, 6) is -0.196. The largest absolute Gasteiger partial charge is 0.484 e. The summed E-state index contributed by atoms with van der Waals surface area (Å²) in [7, 11) is 0. The van der Waals surface area contributed by atoms with E-state index in [9.17, 15) is 10.1 Å². The number of nitro groups is 1. The highest BCUT2D eigenvalue weighted by Gasteiger charge is 2.60. The maximum absolute atomic E-state index is 11.4. The quantitative estimate of drug-likeness (QED) is 0.586. The number of ether oxygens (including phenoxy) is 3. The fraction of sp³-hybridized carbons (Fsp3) is 0.625. The van der Waals surface area contributed by atoms with E-state index in [1.807, 2.05) is 13.8 Å². The van der Waals surface area contributed by atoms with E-state index in [-0.39, 0.29) is 16.7 Å². The standard InChI is InChI=1S/C16H19NO5/c1-15(2)21-13-12-10(17(18)19)6-5-7-11(12)20-16(14(13)22-15)8-3-4-9-16/h5-7,13-14H,3-4,8-9H2,1-2H3/t13-,14-/m1/s1. The van der Waals surface area contributed by atoms with Crippen molar-refractivity contribution >= 4 is 5.69 Å². The van der Waals surface area contributed by atoms with E-state index in [0.717, 1.165) is 25.7 Å². The van der Waals surface area contributed by atoms with Gasteiger partial charge in [-0.25, -0.2) is 0 Å². The van der Waals surface area contributed by atoms with Gasteiger partial charge in [0.25, 0.3) is 5.69 Å². The Morgan fingerprint density at radius 2 is 1.95 bits per heavy atom. The van der Waals surface area contributed by atoms with Crippen molar-refractivity contribution in [1.82, 2.24) is 0 Å². The summed E-state index contributed by atoms with van der Waals surface area (Å²) >= 11 is 0. The molecule has 22 heavy (non-hydrogen) atoms. The molecule has 1 aromatic rings. The Balaban J connectivity index is 1.89. The van der Waals surface area contributed by atoms with Gasteiger partial charge in [-0.15, -0.1) is 0 Å². The highest BCUT2D eigenvalue weighted by atomic mass is 16.8. The number of hydrogen-bond acceptors (Lipinski definition) is 5. The molecule has 2 atom stereocenters. The summed E-state index contributed by atoms with van der Waals surface area (Å²) in [4.78, 5) is 11.0. The van der Waals surface area contributed by atoms with Crippen molar-refractivity contribution in [2.75, 3.05) is 0 Å². The first-order valence-electron chi connectivity index (χ1n) is 7.74. The van der Waals surface area contributed by atoms with Crippen LogP contribution in [0.25, 0.3) is 0 Å². The smallest absolute Gasteiger partial charge is 0.279 e. The molecule has 6 nitrogen and oxygen atoms in total. The minimum Gasteiger partial charge on any atom is -0.484 e. The molecule has 1 saturated heterocycles. The summed E-state index contributed by atoms with van der Waals surface area (Å²) in [6, 6.07) is 4.97. The maximum Gasteiger partial charge on any atom is 0.279 e. The fourth-order valence-corrected chi connectivity index (χ4v) is 4.06. The third-order valence-corrected chi connectivity index (χ3v) is 4.90. The van der Waals surface area contributed by atoms with E-state index in [2.05, 4.69) is 0 Å². The van der Waals surface area contributed by atoms with Gasteiger partial charge in [-0.2, -0.15) is 0 Å². The van der Waals surface area contributed by atoms with Crippen molar-refractivity contribution < 1.29 is 19.1 Å². The van der Waals surface area contributed by atoms with Gasteiger partial charge in [-0.3, -0.25) is 10.1 Å². The molecule has 1 aromatic carbocycles. The second-order valence-electron chi connectivity index (χ2n) is 6.80. The monoisotopic (exact) mass is 305 g/mol. The second kappa shape index (κ2) is 4.43. The Hall–Kier alpha value is -1.66. The molecule has 118 valence electrons. The molecule has 4 rings (SSSR count). The topological polar surface area (TPSA) is 70.8 Å². The summed E-state index contributed by atoms with van der Waals surface area (Å²) in [6.07, 6.45) is 3.22. The molecule has 1 saturated carbocycles. The molecule has 0 aromatic heterocycles. The van der Waals surface area contributed by atoms with Crippen LogP contribution in [0.4, 0.5) is 5.69 Å². The van der Waals surface area contributed by atoms with Crippen molar-refractivity contribution in [3.63, 3.8) is 0 Å². The maximum atomic E-state index is 11.4. The van der Waals surface area contributed by atoms with Crippen LogP contribution < -0.4 is 4.74 Å². The Bertz CT molecular complexity index is 635. The van der Waals surface area contributed by atoms with Crippen LogP contribution in [0.15, 0.2) is 18.2 Å². The van der Waals surface area contributed by atoms with Crippen LogP contribution in [0.1, 0.15) is 51.2 Å². The molecule has 0 amide bonds. The fourth-order valence-electron chi connectivity index (χ4n) is 4.06. The van der Waals surface area contributed by atoms with E-state index >= 15 is 0 Å². The predicted molar refractivity (Wildman–Crippen MR) is 77.7 cm³/mol. The normalized spacial score (nSPS) is 30.6. The first-order valence-corrected chi connectivity index (χ1v) is 7.74. The molecule has 2 fully saturated rings. The lowest BCUT2D eigenvalue weighted by Gasteiger charge is -2.41. The number of nitrogens with zero attached hydrogens (tertiary/aromatic N) is 1. The highest BCUT2D eigenvalue weighted by Crippen LogP contribution is 2.56. The van der Waals surface area contributed by atoms with Gasteiger partial charge < -0.3 is 14.2 Å². The minimum atomic E-state index is -0.764. The van der Waals surface area contributed by atoms with Crippen molar-refractivity contribution in [3.8, 4) is 5.75 Å². The lowest BCUT2D eigenvalue weighted by atomic mass is 9.84. The van der Waals surface area contributed by atoms with E-state index in [4.69, 9.17) is 14.2 Å². The van der Waals surface area contributed by atoms with Crippen LogP contribution >= 0.6 is 0 Å². The lowest BCUT2D eigenvalue weighted by molar-refractivity contribution is -0.386. The second-order valence-corrected chi connectivity index (χ2v) is 6.80. The predicted octanol–water partition coefficient (Wildman–Crippen LogP) is 3.49. The van der Waals surface area contributed by atoms with Crippen molar-refractivity contribution in [1.29, 1.82) is 0 Å². The van der Waals surface area contributed by atoms with Crippen LogP contribution in [0, 0.1) is 10.1 Å². The van der Waals surface area contributed by atoms with Gasteiger partial charge in [0.05, 0.1) is 4.92 Å². The van der Waals surface area contributed by atoms with Gasteiger partial charge in [0.1, 0.15) is 29.1 Å². The number of fused-ring (bicyclic) bond motifs is 4. The van der Waals surface area contributed by atoms with Crippen LogP contribution in [0.5, 0.6) is 5.75 Å². The van der Waals surface area contributed by atoms with Crippen molar-refractivity contribution in [2.24, 2.45) is 0 Å². The third-order valence-electron chi connectivity index (χ3n) is 4.90. The Kier molecular flexibility index (Phi) is 2.81. The molecule has 0 unspecified atom stereocenters. The number of nitro benzene ring substituents is 1. The van der Waals surface area contributed by atoms with E-state index in [1.165, 1.54) is 6.07 Å². The number of hydrogen-bond donors (Lipinski definition) is 0. The summed E-state index contributed by atoms with van der Waals surface area (Å²) in [5, 5.41) is 11.4. The van der Waals surface area contributed by atoms with Crippen LogP contribution in [-0.2, 0) is 9.47 Å². The molecule has 1 aliphatic carbocycles. The lowest BCUT2D eigenvalue weighted by Crippen LogP contribution is -2.51. The molecule has 0 N–H and O–H groups in total. The Morgan fingerprint density at radius 3 is 2.64 bits per heavy atom. The zero-order valence-electron chi connectivity index (χ0n) is 12.7. The SMILES string of the molecule is CC1(C)O[C@@H]2c3c(cccc3[N+](=O)[O-])OC3(CCCC3)[C@@H]2O1. The molecular formula is C16H19NO5. The summed E-state index contributed by atoms with van der Waals surface area (Å²) in [6.45, 7) is 3.70. The van der Waals surface area contributed by atoms with Crippen molar-refractivity contribution in [3.05, 3.63) is 33.9 Å². The molecule has 0 bridgehead atoms. The van der Waals surface area contributed by atoms with Crippen LogP contribution in [-0.4, -0.2) is 22.4 Å². The van der Waals surface area contributed by atoms with Crippen LogP contribution in [0.2, 0.25) is 0 Å². The number of benzene rings is 1. The van der Waals surface area contributed by atoms with Crippen molar-refractivity contribution in [2.45, 2.75) is 63.1 Å². The van der Waals surface area contributed by atoms with Gasteiger partial charge in [-0.1, -0.05) is 6.07 Å². The zero-order valence-corrected chi connectivity index (χ0v) is 12.7. The Labute approximate surface area is 128 Å². The third kappa shape index (κ3) is 1.87. The molecular weight excluding hydrogens is 286 g/mol. The van der Waals surface area contributed by atoms with Gasteiger partial charge >= 0.3 is 0 Å². The Morgan fingerprint density at radius 1 is 1.23 bits per heavy atom. The minimum absolute atomic E-state index is 0.0432. The van der Waals surface area contributed by atoms with E-state index < -0.39 is 17.5 Å². The summed E-state index contributed by atoms with van der Waals surface area (Å²) in [5.41, 5.74) is 0.142. The van der Waals surface area contributed by atoms with Gasteiger partial charge in [0, 0.05) is 6.07 Å². The first-order chi connectivity index (χ1) is 10.4. The molecule has 2 aliphatic heterocycles.